The number of aromatic nitrogens is 4. The van der Waals surface area contributed by atoms with Crippen molar-refractivity contribution < 1.29 is 4.79 Å². The van der Waals surface area contributed by atoms with E-state index in [1.807, 2.05) is 29.2 Å². The minimum Gasteiger partial charge on any atom is -0.329 e. The summed E-state index contributed by atoms with van der Waals surface area (Å²) in [6.45, 7) is 0.628. The summed E-state index contributed by atoms with van der Waals surface area (Å²) >= 11 is 1.61. The molecule has 9 heteroatoms. The number of nitrogens with zero attached hydrogens (tertiary/aromatic N) is 5. The van der Waals surface area contributed by atoms with Crippen LogP contribution in [0, 0.1) is 0 Å². The maximum Gasteiger partial charge on any atom is 0.332 e. The lowest BCUT2D eigenvalue weighted by Gasteiger charge is -2.23. The third kappa shape index (κ3) is 2.77. The third-order valence-electron chi connectivity index (χ3n) is 5.65. The highest BCUT2D eigenvalue weighted by molar-refractivity contribution is 7.18. The molecule has 1 fully saturated rings. The smallest absolute Gasteiger partial charge is 0.329 e. The van der Waals surface area contributed by atoms with Crippen LogP contribution in [0.1, 0.15) is 34.2 Å². The number of carbonyl (C=O) groups is 1. The minimum absolute atomic E-state index is 0.0893. The van der Waals surface area contributed by atoms with Gasteiger partial charge in [-0.1, -0.05) is 12.1 Å². The molecule has 0 unspecified atom stereocenters. The van der Waals surface area contributed by atoms with E-state index in [-0.39, 0.29) is 23.0 Å². The van der Waals surface area contributed by atoms with E-state index in [1.54, 1.807) is 24.5 Å². The molecular weight excluding hydrogens is 402 g/mol. The maximum atomic E-state index is 13.3. The molecule has 30 heavy (non-hydrogen) atoms. The van der Waals surface area contributed by atoms with E-state index in [1.165, 1.54) is 17.8 Å². The van der Waals surface area contributed by atoms with E-state index in [9.17, 15) is 14.4 Å². The number of benzene rings is 1. The predicted octanol–water partition coefficient (Wildman–Crippen LogP) is 2.22. The number of thiazole rings is 1. The lowest BCUT2D eigenvalue weighted by atomic mass is 10.2. The van der Waals surface area contributed by atoms with Crippen molar-refractivity contribution in [2.75, 3.05) is 6.54 Å². The van der Waals surface area contributed by atoms with E-state index in [0.29, 0.717) is 12.1 Å². The highest BCUT2D eigenvalue weighted by atomic mass is 32.1. The largest absolute Gasteiger partial charge is 0.332 e. The average Bonchev–Trinajstić information content (AvgIpc) is 3.42. The molecule has 0 aliphatic carbocycles. The molecule has 4 aromatic rings. The monoisotopic (exact) mass is 421 g/mol. The number of pyridine rings is 1. The fourth-order valence-electron chi connectivity index (χ4n) is 4.05. The van der Waals surface area contributed by atoms with E-state index in [4.69, 9.17) is 4.98 Å². The van der Waals surface area contributed by atoms with Gasteiger partial charge in [-0.3, -0.25) is 18.7 Å². The van der Waals surface area contributed by atoms with Crippen molar-refractivity contribution in [3.05, 3.63) is 67.9 Å². The minimum atomic E-state index is -0.459. The maximum absolute atomic E-state index is 13.3. The van der Waals surface area contributed by atoms with Crippen LogP contribution in [0.25, 0.3) is 21.3 Å². The Labute approximate surface area is 175 Å². The van der Waals surface area contributed by atoms with Gasteiger partial charge in [0, 0.05) is 26.8 Å². The average molecular weight is 421 g/mol. The van der Waals surface area contributed by atoms with Crippen molar-refractivity contribution >= 4 is 38.5 Å². The van der Waals surface area contributed by atoms with Crippen LogP contribution in [0.5, 0.6) is 0 Å². The van der Waals surface area contributed by atoms with Gasteiger partial charge in [-0.25, -0.2) is 14.8 Å². The van der Waals surface area contributed by atoms with Crippen molar-refractivity contribution in [2.45, 2.75) is 18.9 Å². The Balaban J connectivity index is 1.55. The fourth-order valence-corrected chi connectivity index (χ4v) is 5.16. The third-order valence-corrected chi connectivity index (χ3v) is 6.79. The van der Waals surface area contributed by atoms with Gasteiger partial charge in [-0.05, 0) is 31.0 Å². The summed E-state index contributed by atoms with van der Waals surface area (Å²) in [5.41, 5.74) is 0.637. The topological polar surface area (TPSA) is 90.1 Å². The molecular formula is C21H19N5O3S. The summed E-state index contributed by atoms with van der Waals surface area (Å²) in [5.74, 6) is -0.179. The van der Waals surface area contributed by atoms with Crippen molar-refractivity contribution in [2.24, 2.45) is 14.1 Å². The van der Waals surface area contributed by atoms with Gasteiger partial charge in [0.25, 0.3) is 11.5 Å². The highest BCUT2D eigenvalue weighted by Crippen LogP contribution is 2.37. The summed E-state index contributed by atoms with van der Waals surface area (Å²) < 4.78 is 3.44. The number of fused-ring (bicyclic) bond motifs is 2. The highest BCUT2D eigenvalue weighted by Gasteiger charge is 2.33. The molecule has 3 aromatic heterocycles. The van der Waals surface area contributed by atoms with Crippen molar-refractivity contribution in [1.82, 2.24) is 24.0 Å². The molecule has 4 heterocycles. The van der Waals surface area contributed by atoms with E-state index >= 15 is 0 Å². The van der Waals surface area contributed by atoms with Crippen molar-refractivity contribution in [1.29, 1.82) is 0 Å². The number of hydrogen-bond acceptors (Lipinski definition) is 6. The molecule has 0 saturated carbocycles. The first kappa shape index (κ1) is 18.7. The van der Waals surface area contributed by atoms with Crippen LogP contribution in [0.3, 0.4) is 0 Å². The molecule has 1 amide bonds. The van der Waals surface area contributed by atoms with E-state index in [0.717, 1.165) is 32.6 Å². The summed E-state index contributed by atoms with van der Waals surface area (Å²) in [6, 6.07) is 9.40. The number of amides is 1. The number of aryl methyl sites for hydroxylation is 1. The molecule has 1 aliphatic rings. The molecule has 5 rings (SSSR count). The van der Waals surface area contributed by atoms with Crippen LogP contribution in [0.4, 0.5) is 0 Å². The van der Waals surface area contributed by atoms with Crippen LogP contribution in [0.15, 0.2) is 46.1 Å². The summed E-state index contributed by atoms with van der Waals surface area (Å²) in [5, 5.41) is 1.18. The number of likely N-dealkylation sites (tertiary alicyclic amines) is 1. The Morgan fingerprint density at radius 3 is 2.77 bits per heavy atom. The molecule has 1 aromatic carbocycles. The lowest BCUT2D eigenvalue weighted by molar-refractivity contribution is 0.0735. The second-order valence-corrected chi connectivity index (χ2v) is 8.54. The lowest BCUT2D eigenvalue weighted by Crippen LogP contribution is -2.37. The molecule has 8 nitrogen and oxygen atoms in total. The molecule has 1 saturated heterocycles. The summed E-state index contributed by atoms with van der Waals surface area (Å²) in [4.78, 5) is 48.8. The zero-order chi connectivity index (χ0) is 21.0. The zero-order valence-corrected chi connectivity index (χ0v) is 17.3. The number of rotatable bonds is 2. The number of para-hydroxylation sites is 1. The van der Waals surface area contributed by atoms with Gasteiger partial charge in [0.05, 0.1) is 27.2 Å². The standard InChI is InChI=1S/C21H19N5O3S/c1-24-17-13(20(28)25(2)21(24)29)10-12(11-22-17)19(27)26-9-5-7-15(26)18-23-14-6-3-4-8-16(14)30-18/h3-4,6,8,10-11,15H,5,7,9H2,1-2H3/t15-/m0/s1. The van der Waals surface area contributed by atoms with Gasteiger partial charge < -0.3 is 4.90 Å². The van der Waals surface area contributed by atoms with Gasteiger partial charge in [0.1, 0.15) is 10.7 Å². The van der Waals surface area contributed by atoms with Crippen molar-refractivity contribution in [3.8, 4) is 0 Å². The van der Waals surface area contributed by atoms with Gasteiger partial charge in [0.15, 0.2) is 0 Å². The first-order valence-electron chi connectivity index (χ1n) is 9.68. The molecule has 0 N–H and O–H groups in total. The Bertz CT molecular complexity index is 1400. The van der Waals surface area contributed by atoms with Crippen LogP contribution >= 0.6 is 11.3 Å². The summed E-state index contributed by atoms with van der Waals surface area (Å²) in [6.07, 6.45) is 3.18. The molecule has 0 bridgehead atoms. The Hall–Kier alpha value is -3.33. The van der Waals surface area contributed by atoms with E-state index < -0.39 is 11.2 Å². The SMILES string of the molecule is Cn1c(=O)c2cc(C(=O)N3CCC[C@H]3c3nc4ccccc4s3)cnc2n(C)c1=O. The second kappa shape index (κ2) is 6.88. The molecule has 1 atom stereocenters. The number of hydrogen-bond donors (Lipinski definition) is 0. The molecule has 0 spiro atoms. The second-order valence-electron chi connectivity index (χ2n) is 7.48. The molecule has 1 aliphatic heterocycles. The van der Waals surface area contributed by atoms with Gasteiger partial charge >= 0.3 is 5.69 Å². The summed E-state index contributed by atoms with van der Waals surface area (Å²) in [7, 11) is 2.98. The van der Waals surface area contributed by atoms with Gasteiger partial charge in [-0.2, -0.15) is 0 Å². The van der Waals surface area contributed by atoms with Gasteiger partial charge in [-0.15, -0.1) is 11.3 Å². The zero-order valence-electron chi connectivity index (χ0n) is 16.5. The van der Waals surface area contributed by atoms with Crippen LogP contribution < -0.4 is 11.2 Å². The van der Waals surface area contributed by atoms with Crippen LogP contribution in [-0.2, 0) is 14.1 Å². The molecule has 152 valence electrons. The predicted molar refractivity (Wildman–Crippen MR) is 115 cm³/mol. The first-order chi connectivity index (χ1) is 14.5. The van der Waals surface area contributed by atoms with Crippen LogP contribution in [-0.4, -0.2) is 36.5 Å². The normalized spacial score (nSPS) is 16.6. The first-order valence-corrected chi connectivity index (χ1v) is 10.5. The molecule has 0 radical (unpaired) electrons. The fraction of sp³-hybridized carbons (Fsp3) is 0.286. The Morgan fingerprint density at radius 1 is 1.17 bits per heavy atom. The Kier molecular flexibility index (Phi) is 4.28. The van der Waals surface area contributed by atoms with Crippen LogP contribution in [0.2, 0.25) is 0 Å². The van der Waals surface area contributed by atoms with E-state index in [2.05, 4.69) is 4.98 Å². The van der Waals surface area contributed by atoms with Crippen molar-refractivity contribution in [3.63, 3.8) is 0 Å². The Morgan fingerprint density at radius 2 is 1.97 bits per heavy atom. The quantitative estimate of drug-likeness (QED) is 0.495. The van der Waals surface area contributed by atoms with Gasteiger partial charge in [0.2, 0.25) is 0 Å². The number of carbonyl (C=O) groups excluding carboxylic acids is 1.